The Morgan fingerprint density at radius 1 is 1.00 bits per heavy atom. The topological polar surface area (TPSA) is 92.1 Å². The number of fused-ring (bicyclic) bond motifs is 1. The number of nitrogens with zero attached hydrogens (tertiary/aromatic N) is 2. The van der Waals surface area contributed by atoms with Crippen LogP contribution in [0.25, 0.3) is 10.9 Å². The van der Waals surface area contributed by atoms with Crippen LogP contribution >= 0.6 is 0 Å². The molecule has 1 aromatic heterocycles. The van der Waals surface area contributed by atoms with Gasteiger partial charge in [0, 0.05) is 5.39 Å². The Bertz CT molecular complexity index is 843. The average Bonchev–Trinajstić information content (AvgIpc) is 2.83. The van der Waals surface area contributed by atoms with Crippen LogP contribution < -0.4 is 9.44 Å². The van der Waals surface area contributed by atoms with Crippen molar-refractivity contribution in [2.45, 2.75) is 0 Å². The molecule has 1 heterocycles. The number of hydrogen-bond donors (Lipinski definition) is 2. The minimum atomic E-state index is -3.98. The van der Waals surface area contributed by atoms with Crippen molar-refractivity contribution in [2.24, 2.45) is 5.14 Å². The number of H-pyrrole nitrogens is 1. The molecule has 0 atom stereocenters. The van der Waals surface area contributed by atoms with Gasteiger partial charge in [0.05, 0.1) is 11.2 Å². The molecule has 6 nitrogen and oxygen atoms in total. The van der Waals surface area contributed by atoms with E-state index in [1.807, 2.05) is 18.2 Å². The smallest absolute Gasteiger partial charge is 0.276 e. The molecule has 0 radical (unpaired) electrons. The Kier molecular flexibility index (Phi) is 2.92. The van der Waals surface area contributed by atoms with E-state index in [0.29, 0.717) is 11.1 Å². The Morgan fingerprint density at radius 3 is 2.35 bits per heavy atom. The minimum absolute atomic E-state index is 0.259. The summed E-state index contributed by atoms with van der Waals surface area (Å²) in [7, 11) is -3.98. The lowest BCUT2D eigenvalue weighted by Gasteiger charge is -2.19. The third kappa shape index (κ3) is 2.13. The van der Waals surface area contributed by atoms with Crippen LogP contribution in [0, 0.1) is 0 Å². The average molecular weight is 288 g/mol. The van der Waals surface area contributed by atoms with E-state index in [4.69, 9.17) is 5.14 Å². The lowest BCUT2D eigenvalue weighted by Crippen LogP contribution is -2.33. The van der Waals surface area contributed by atoms with Crippen molar-refractivity contribution < 1.29 is 8.42 Å². The summed E-state index contributed by atoms with van der Waals surface area (Å²) in [6, 6.07) is 15.9. The molecule has 102 valence electrons. The highest BCUT2D eigenvalue weighted by atomic mass is 32.2. The van der Waals surface area contributed by atoms with E-state index in [9.17, 15) is 8.42 Å². The van der Waals surface area contributed by atoms with Crippen LogP contribution in [0.15, 0.2) is 54.6 Å². The minimum Gasteiger partial charge on any atom is -0.276 e. The molecule has 0 saturated carbocycles. The van der Waals surface area contributed by atoms with Gasteiger partial charge < -0.3 is 0 Å². The molecule has 0 spiro atoms. The van der Waals surface area contributed by atoms with Crippen LogP contribution in [-0.4, -0.2) is 18.6 Å². The number of aromatic amines is 1. The van der Waals surface area contributed by atoms with Gasteiger partial charge in [-0.25, -0.2) is 9.44 Å². The van der Waals surface area contributed by atoms with Gasteiger partial charge in [-0.05, 0) is 24.3 Å². The second kappa shape index (κ2) is 4.62. The SMILES string of the molecule is NS(=O)(=O)N(c1ccccc1)c1n[nH]c2ccccc12. The van der Waals surface area contributed by atoms with Gasteiger partial charge in [0.25, 0.3) is 0 Å². The summed E-state index contributed by atoms with van der Waals surface area (Å²) in [6.45, 7) is 0. The van der Waals surface area contributed by atoms with E-state index in [2.05, 4.69) is 10.2 Å². The molecule has 0 amide bonds. The molecule has 20 heavy (non-hydrogen) atoms. The fourth-order valence-corrected chi connectivity index (χ4v) is 2.85. The van der Waals surface area contributed by atoms with Gasteiger partial charge in [-0.15, -0.1) is 0 Å². The van der Waals surface area contributed by atoms with Gasteiger partial charge >= 0.3 is 10.2 Å². The maximum Gasteiger partial charge on any atom is 0.304 e. The summed E-state index contributed by atoms with van der Waals surface area (Å²) in [5, 5.41) is 12.9. The first-order valence-electron chi connectivity index (χ1n) is 5.88. The molecule has 3 rings (SSSR count). The summed E-state index contributed by atoms with van der Waals surface area (Å²) in [4.78, 5) is 0. The highest BCUT2D eigenvalue weighted by Gasteiger charge is 2.24. The first-order valence-corrected chi connectivity index (χ1v) is 7.39. The molecule has 0 bridgehead atoms. The van der Waals surface area contributed by atoms with Crippen molar-refractivity contribution >= 4 is 32.6 Å². The molecule has 3 aromatic rings. The van der Waals surface area contributed by atoms with Gasteiger partial charge in [0.1, 0.15) is 0 Å². The third-order valence-corrected chi connectivity index (χ3v) is 3.78. The Morgan fingerprint density at radius 2 is 1.65 bits per heavy atom. The maximum absolute atomic E-state index is 11.9. The molecule has 0 aliphatic carbocycles. The molecule has 0 saturated heterocycles. The van der Waals surface area contributed by atoms with Crippen molar-refractivity contribution in [3.8, 4) is 0 Å². The Labute approximate surface area is 116 Å². The first-order chi connectivity index (χ1) is 9.57. The van der Waals surface area contributed by atoms with Crippen LogP contribution in [-0.2, 0) is 10.2 Å². The number of nitrogens with two attached hydrogens (primary N) is 1. The van der Waals surface area contributed by atoms with E-state index >= 15 is 0 Å². The van der Waals surface area contributed by atoms with E-state index in [1.54, 1.807) is 36.4 Å². The molecule has 3 N–H and O–H groups in total. The van der Waals surface area contributed by atoms with Crippen LogP contribution in [0.5, 0.6) is 0 Å². The highest BCUT2D eigenvalue weighted by Crippen LogP contribution is 2.31. The summed E-state index contributed by atoms with van der Waals surface area (Å²) in [6.07, 6.45) is 0. The van der Waals surface area contributed by atoms with Gasteiger partial charge in [-0.2, -0.15) is 13.5 Å². The number of rotatable bonds is 3. The number of nitrogens with one attached hydrogen (secondary N) is 1. The van der Waals surface area contributed by atoms with Crippen molar-refractivity contribution in [1.29, 1.82) is 0 Å². The number of benzene rings is 2. The van der Waals surface area contributed by atoms with Crippen molar-refractivity contribution in [3.63, 3.8) is 0 Å². The second-order valence-corrected chi connectivity index (χ2v) is 5.63. The molecule has 0 fully saturated rings. The zero-order chi connectivity index (χ0) is 14.2. The van der Waals surface area contributed by atoms with Crippen LogP contribution in [0.3, 0.4) is 0 Å². The molecule has 0 aliphatic rings. The van der Waals surface area contributed by atoms with E-state index < -0.39 is 10.2 Å². The van der Waals surface area contributed by atoms with Crippen LogP contribution in [0.1, 0.15) is 0 Å². The predicted molar refractivity (Wildman–Crippen MR) is 77.8 cm³/mol. The van der Waals surface area contributed by atoms with E-state index in [-0.39, 0.29) is 5.82 Å². The number of para-hydroxylation sites is 2. The lowest BCUT2D eigenvalue weighted by molar-refractivity contribution is 0.597. The standard InChI is InChI=1S/C13H12N4O2S/c14-20(18,19)17(10-6-2-1-3-7-10)13-11-8-4-5-9-12(11)15-16-13/h1-9H,(H,15,16)(H2,14,18,19). The largest absolute Gasteiger partial charge is 0.304 e. The maximum atomic E-state index is 11.9. The number of aromatic nitrogens is 2. The van der Waals surface area contributed by atoms with Gasteiger partial charge in [0.15, 0.2) is 5.82 Å². The number of anilines is 2. The summed E-state index contributed by atoms with van der Waals surface area (Å²) in [5.74, 6) is 0.259. The Hall–Kier alpha value is -2.38. The summed E-state index contributed by atoms with van der Waals surface area (Å²) < 4.78 is 24.9. The molecule has 2 aromatic carbocycles. The number of hydrogen-bond acceptors (Lipinski definition) is 3. The predicted octanol–water partition coefficient (Wildman–Crippen LogP) is 1.90. The monoisotopic (exact) mass is 288 g/mol. The molecular formula is C13H12N4O2S. The Balaban J connectivity index is 2.26. The second-order valence-electron chi connectivity index (χ2n) is 4.24. The lowest BCUT2D eigenvalue weighted by atomic mass is 10.2. The first kappa shape index (κ1) is 12.6. The fraction of sp³-hybridized carbons (Fsp3) is 0. The van der Waals surface area contributed by atoms with E-state index in [0.717, 1.165) is 9.82 Å². The highest BCUT2D eigenvalue weighted by molar-refractivity contribution is 7.90. The van der Waals surface area contributed by atoms with E-state index in [1.165, 1.54) is 0 Å². The van der Waals surface area contributed by atoms with Crippen LogP contribution in [0.2, 0.25) is 0 Å². The molecular weight excluding hydrogens is 276 g/mol. The molecule has 0 unspecified atom stereocenters. The third-order valence-electron chi connectivity index (χ3n) is 2.89. The molecule has 0 aliphatic heterocycles. The van der Waals surface area contributed by atoms with Gasteiger partial charge in [0.2, 0.25) is 0 Å². The van der Waals surface area contributed by atoms with Crippen molar-refractivity contribution in [1.82, 2.24) is 10.2 Å². The normalized spacial score (nSPS) is 11.7. The zero-order valence-corrected chi connectivity index (χ0v) is 11.2. The summed E-state index contributed by atoms with van der Waals surface area (Å²) >= 11 is 0. The van der Waals surface area contributed by atoms with Crippen LogP contribution in [0.4, 0.5) is 11.5 Å². The summed E-state index contributed by atoms with van der Waals surface area (Å²) in [5.41, 5.74) is 1.18. The quantitative estimate of drug-likeness (QED) is 0.771. The van der Waals surface area contributed by atoms with Gasteiger partial charge in [-0.3, -0.25) is 5.10 Å². The fourth-order valence-electron chi connectivity index (χ4n) is 2.06. The van der Waals surface area contributed by atoms with Crippen molar-refractivity contribution in [3.05, 3.63) is 54.6 Å². The van der Waals surface area contributed by atoms with Gasteiger partial charge in [-0.1, -0.05) is 30.3 Å². The molecule has 7 heteroatoms. The van der Waals surface area contributed by atoms with Crippen molar-refractivity contribution in [2.75, 3.05) is 4.31 Å². The zero-order valence-electron chi connectivity index (χ0n) is 10.4.